The first-order chi connectivity index (χ1) is 13.2. The maximum atomic E-state index is 11.0. The smallest absolute Gasteiger partial charge is 0.231 e. The Hall–Kier alpha value is -2.97. The summed E-state index contributed by atoms with van der Waals surface area (Å²) >= 11 is 0. The summed E-state index contributed by atoms with van der Waals surface area (Å²) in [5, 5.41) is 25.2. The molecule has 2 N–H and O–H groups in total. The molecule has 0 unspecified atom stereocenters. The van der Waals surface area contributed by atoms with E-state index in [9.17, 15) is 10.4 Å². The summed E-state index contributed by atoms with van der Waals surface area (Å²) in [5.74, 6) is 2.66. The second-order valence-electron chi connectivity index (χ2n) is 6.71. The van der Waals surface area contributed by atoms with E-state index in [0.29, 0.717) is 41.6 Å². The van der Waals surface area contributed by atoms with Crippen molar-refractivity contribution < 1.29 is 29.4 Å². The van der Waals surface area contributed by atoms with Crippen LogP contribution >= 0.6 is 0 Å². The third kappa shape index (κ3) is 2.73. The quantitative estimate of drug-likeness (QED) is 0.619. The van der Waals surface area contributed by atoms with Crippen LogP contribution in [0.2, 0.25) is 0 Å². The highest BCUT2D eigenvalue weighted by Gasteiger charge is 2.36. The fraction of sp³-hybridized carbons (Fsp3) is 0.316. The lowest BCUT2D eigenvalue weighted by atomic mass is 9.88. The van der Waals surface area contributed by atoms with Crippen molar-refractivity contribution in [3.05, 3.63) is 47.5 Å². The Morgan fingerprint density at radius 1 is 0.778 bits per heavy atom. The molecule has 0 radical (unpaired) electrons. The highest BCUT2D eigenvalue weighted by molar-refractivity contribution is 5.86. The van der Waals surface area contributed by atoms with Crippen LogP contribution in [0.25, 0.3) is 0 Å². The van der Waals surface area contributed by atoms with Crippen LogP contribution in [0.1, 0.15) is 36.1 Å². The van der Waals surface area contributed by atoms with E-state index >= 15 is 0 Å². The molecule has 0 aliphatic carbocycles. The molecule has 3 heterocycles. The first-order valence-corrected chi connectivity index (χ1v) is 8.69. The molecular weight excluding hydrogens is 352 g/mol. The molecule has 2 atom stereocenters. The number of ether oxygens (including phenoxy) is 4. The number of nitrogens with zero attached hydrogens (tertiary/aromatic N) is 2. The Labute approximate surface area is 155 Å². The van der Waals surface area contributed by atoms with Gasteiger partial charge in [-0.2, -0.15) is 5.06 Å². The molecule has 8 nitrogen and oxygen atoms in total. The molecule has 5 rings (SSSR count). The third-order valence-corrected chi connectivity index (χ3v) is 5.20. The Balaban J connectivity index is 1.49. The average Bonchev–Trinajstić information content (AvgIpc) is 3.36. The molecule has 0 spiro atoms. The summed E-state index contributed by atoms with van der Waals surface area (Å²) in [6.45, 7) is 0.380. The van der Waals surface area contributed by atoms with Crippen molar-refractivity contribution in [2.45, 2.75) is 24.9 Å². The minimum absolute atomic E-state index is 0.190. The zero-order chi connectivity index (χ0) is 18.4. The van der Waals surface area contributed by atoms with Crippen molar-refractivity contribution in [3.8, 4) is 23.0 Å². The monoisotopic (exact) mass is 370 g/mol. The first-order valence-electron chi connectivity index (χ1n) is 8.69. The van der Waals surface area contributed by atoms with Gasteiger partial charge in [0.1, 0.15) is 0 Å². The van der Waals surface area contributed by atoms with Gasteiger partial charge >= 0.3 is 0 Å². The number of benzene rings is 2. The van der Waals surface area contributed by atoms with E-state index in [1.807, 2.05) is 36.4 Å². The van der Waals surface area contributed by atoms with Gasteiger partial charge in [-0.3, -0.25) is 0 Å². The molecule has 3 aliphatic rings. The van der Waals surface area contributed by atoms with Crippen LogP contribution in [0.5, 0.6) is 23.0 Å². The minimum Gasteiger partial charge on any atom is -0.454 e. The van der Waals surface area contributed by atoms with Crippen molar-refractivity contribution in [3.63, 3.8) is 0 Å². The van der Waals surface area contributed by atoms with Crippen molar-refractivity contribution >= 4 is 5.71 Å². The summed E-state index contributed by atoms with van der Waals surface area (Å²) in [6.07, 6.45) is 0.821. The van der Waals surface area contributed by atoms with Crippen LogP contribution in [0, 0.1) is 0 Å². The number of rotatable bonds is 2. The second-order valence-corrected chi connectivity index (χ2v) is 6.71. The first kappa shape index (κ1) is 16.2. The Kier molecular flexibility index (Phi) is 3.80. The van der Waals surface area contributed by atoms with Gasteiger partial charge in [0.05, 0.1) is 17.8 Å². The van der Waals surface area contributed by atoms with Crippen LogP contribution < -0.4 is 18.9 Å². The minimum atomic E-state index is -0.380. The Morgan fingerprint density at radius 2 is 1.26 bits per heavy atom. The normalized spacial score (nSPS) is 23.5. The van der Waals surface area contributed by atoms with Crippen molar-refractivity contribution in [1.82, 2.24) is 5.06 Å². The van der Waals surface area contributed by atoms with Gasteiger partial charge in [0, 0.05) is 12.8 Å². The predicted molar refractivity (Wildman–Crippen MR) is 92.7 cm³/mol. The number of hydrogen-bond acceptors (Lipinski definition) is 8. The van der Waals surface area contributed by atoms with E-state index in [1.165, 1.54) is 5.06 Å². The summed E-state index contributed by atoms with van der Waals surface area (Å²) in [4.78, 5) is 0. The van der Waals surface area contributed by atoms with Gasteiger partial charge in [-0.1, -0.05) is 17.3 Å². The summed E-state index contributed by atoms with van der Waals surface area (Å²) in [6, 6.07) is 10.4. The number of hydroxylamine groups is 2. The number of oxime groups is 1. The van der Waals surface area contributed by atoms with Crippen LogP contribution in [0.15, 0.2) is 41.6 Å². The Morgan fingerprint density at radius 3 is 1.74 bits per heavy atom. The number of hydrogen-bond donors (Lipinski definition) is 2. The summed E-state index contributed by atoms with van der Waals surface area (Å²) in [7, 11) is 0. The van der Waals surface area contributed by atoms with Gasteiger partial charge in [0.2, 0.25) is 13.6 Å². The van der Waals surface area contributed by atoms with E-state index in [1.54, 1.807) is 0 Å². The lowest BCUT2D eigenvalue weighted by Crippen LogP contribution is -2.37. The van der Waals surface area contributed by atoms with E-state index in [-0.39, 0.29) is 25.7 Å². The van der Waals surface area contributed by atoms with E-state index in [4.69, 9.17) is 18.9 Å². The molecular formula is C19H18N2O6. The second kappa shape index (κ2) is 6.33. The van der Waals surface area contributed by atoms with Crippen LogP contribution in [0.3, 0.4) is 0 Å². The standard InChI is InChI=1S/C19H18N2O6/c22-20-13-7-14(11-1-3-16-18(5-11)26-9-24-16)21(23)15(8-13)12-2-4-17-19(6-12)27-10-25-17/h1-6,14-15,22-23H,7-10H2/t14-,15-/m1/s1. The van der Waals surface area contributed by atoms with E-state index < -0.39 is 0 Å². The van der Waals surface area contributed by atoms with Gasteiger partial charge in [0.25, 0.3) is 0 Å². The van der Waals surface area contributed by atoms with Crippen LogP contribution in [-0.2, 0) is 0 Å². The zero-order valence-corrected chi connectivity index (χ0v) is 14.4. The average molecular weight is 370 g/mol. The molecule has 1 saturated heterocycles. The molecule has 2 aromatic carbocycles. The highest BCUT2D eigenvalue weighted by atomic mass is 16.7. The van der Waals surface area contributed by atoms with Crippen LogP contribution in [0.4, 0.5) is 0 Å². The maximum Gasteiger partial charge on any atom is 0.231 e. The fourth-order valence-corrected chi connectivity index (χ4v) is 3.80. The molecule has 0 bridgehead atoms. The maximum absolute atomic E-state index is 11.0. The molecule has 3 aliphatic heterocycles. The highest BCUT2D eigenvalue weighted by Crippen LogP contribution is 2.44. The van der Waals surface area contributed by atoms with Gasteiger partial charge in [0.15, 0.2) is 23.0 Å². The summed E-state index contributed by atoms with van der Waals surface area (Å²) in [5.41, 5.74) is 2.33. The Bertz CT molecular complexity index is 846. The molecule has 8 heteroatoms. The molecule has 0 saturated carbocycles. The molecule has 27 heavy (non-hydrogen) atoms. The zero-order valence-electron chi connectivity index (χ0n) is 14.4. The van der Waals surface area contributed by atoms with Crippen molar-refractivity contribution in [2.75, 3.05) is 13.6 Å². The lowest BCUT2D eigenvalue weighted by Gasteiger charge is -2.38. The van der Waals surface area contributed by atoms with Crippen LogP contribution in [-0.4, -0.2) is 34.8 Å². The largest absolute Gasteiger partial charge is 0.454 e. The van der Waals surface area contributed by atoms with Crippen molar-refractivity contribution in [2.24, 2.45) is 5.16 Å². The van der Waals surface area contributed by atoms with E-state index in [2.05, 4.69) is 5.16 Å². The topological polar surface area (TPSA) is 93.0 Å². The van der Waals surface area contributed by atoms with Gasteiger partial charge in [-0.25, -0.2) is 0 Å². The lowest BCUT2D eigenvalue weighted by molar-refractivity contribution is -0.167. The van der Waals surface area contributed by atoms with Gasteiger partial charge in [-0.15, -0.1) is 0 Å². The molecule has 0 aromatic heterocycles. The van der Waals surface area contributed by atoms with Gasteiger partial charge in [-0.05, 0) is 35.4 Å². The number of fused-ring (bicyclic) bond motifs is 2. The molecule has 140 valence electrons. The third-order valence-electron chi connectivity index (χ3n) is 5.20. The van der Waals surface area contributed by atoms with E-state index in [0.717, 1.165) is 11.1 Å². The molecule has 1 fully saturated rings. The fourth-order valence-electron chi connectivity index (χ4n) is 3.80. The predicted octanol–water partition coefficient (Wildman–Crippen LogP) is 3.24. The number of piperidine rings is 1. The molecule has 2 aromatic rings. The molecule has 0 amide bonds. The SMILES string of the molecule is ON=C1C[C@H](c2ccc3c(c2)OCO3)N(O)[C@@H](c2ccc3c(c2)OCO3)C1. The van der Waals surface area contributed by atoms with Gasteiger partial charge < -0.3 is 29.4 Å². The van der Waals surface area contributed by atoms with Crippen molar-refractivity contribution in [1.29, 1.82) is 0 Å². The summed E-state index contributed by atoms with van der Waals surface area (Å²) < 4.78 is 21.6.